The molecule has 0 atom stereocenters. The van der Waals surface area contributed by atoms with Gasteiger partial charge < -0.3 is 14.4 Å². The van der Waals surface area contributed by atoms with Crippen molar-refractivity contribution in [3.05, 3.63) is 35.2 Å². The Hall–Kier alpha value is -2.28. The summed E-state index contributed by atoms with van der Waals surface area (Å²) in [6.45, 7) is 1.96. The zero-order chi connectivity index (χ0) is 17.8. The fraction of sp³-hybridized carbons (Fsp3) is 0.471. The Bertz CT molecular complexity index is 741. The predicted molar refractivity (Wildman–Crippen MR) is 93.1 cm³/mol. The topological polar surface area (TPSA) is 69.5 Å². The molecular formula is C17H21ClN4O3. The summed E-state index contributed by atoms with van der Waals surface area (Å²) in [6, 6.07) is 1.76. The third kappa shape index (κ3) is 4.04. The van der Waals surface area contributed by atoms with Gasteiger partial charge in [-0.2, -0.15) is 0 Å². The van der Waals surface area contributed by atoms with Gasteiger partial charge in [-0.15, -0.1) is 5.10 Å². The van der Waals surface area contributed by atoms with Gasteiger partial charge in [0.25, 0.3) is 5.91 Å². The van der Waals surface area contributed by atoms with Gasteiger partial charge >= 0.3 is 0 Å². The molecule has 0 aliphatic carbocycles. The van der Waals surface area contributed by atoms with Crippen molar-refractivity contribution in [3.63, 3.8) is 0 Å². The first-order chi connectivity index (χ1) is 12.1. The van der Waals surface area contributed by atoms with E-state index in [9.17, 15) is 4.79 Å². The van der Waals surface area contributed by atoms with Gasteiger partial charge in [0.1, 0.15) is 16.3 Å². The molecule has 0 N–H and O–H groups in total. The Balaban J connectivity index is 1.53. The molecule has 0 saturated carbocycles. The molecule has 134 valence electrons. The van der Waals surface area contributed by atoms with Gasteiger partial charge in [0.05, 0.1) is 13.7 Å². The van der Waals surface area contributed by atoms with Gasteiger partial charge in [0.2, 0.25) is 5.88 Å². The number of carbonyl (C=O) groups is 1. The number of aryl methyl sites for hydroxylation is 1. The predicted octanol–water partition coefficient (Wildman–Crippen LogP) is 2.41. The van der Waals surface area contributed by atoms with Crippen molar-refractivity contribution in [2.75, 3.05) is 26.8 Å². The molecule has 1 amide bonds. The lowest BCUT2D eigenvalue weighted by molar-refractivity contribution is 0.0657. The van der Waals surface area contributed by atoms with E-state index >= 15 is 0 Å². The van der Waals surface area contributed by atoms with E-state index in [2.05, 4.69) is 10.1 Å². The first-order valence-corrected chi connectivity index (χ1v) is 8.55. The van der Waals surface area contributed by atoms with Crippen LogP contribution >= 0.6 is 11.6 Å². The molecule has 1 aliphatic rings. The van der Waals surface area contributed by atoms with Crippen molar-refractivity contribution in [1.82, 2.24) is 19.7 Å². The SMILES string of the molecule is COc1nn(C)cc1C(=O)N1CCC(COc2ccncc2Cl)CC1. The van der Waals surface area contributed by atoms with E-state index in [0.717, 1.165) is 12.8 Å². The number of likely N-dealkylation sites (tertiary alicyclic amines) is 1. The summed E-state index contributed by atoms with van der Waals surface area (Å²) in [4.78, 5) is 18.4. The van der Waals surface area contributed by atoms with E-state index in [-0.39, 0.29) is 5.91 Å². The van der Waals surface area contributed by atoms with E-state index in [1.54, 1.807) is 36.4 Å². The Morgan fingerprint density at radius 1 is 1.40 bits per heavy atom. The van der Waals surface area contributed by atoms with Crippen molar-refractivity contribution in [2.24, 2.45) is 13.0 Å². The molecule has 2 aromatic rings. The third-order valence-electron chi connectivity index (χ3n) is 4.33. The normalized spacial score (nSPS) is 15.2. The Morgan fingerprint density at radius 3 is 2.84 bits per heavy atom. The van der Waals surface area contributed by atoms with Crippen LogP contribution in [-0.4, -0.2) is 52.4 Å². The molecule has 8 heteroatoms. The highest BCUT2D eigenvalue weighted by atomic mass is 35.5. The van der Waals surface area contributed by atoms with E-state index in [0.29, 0.717) is 47.8 Å². The van der Waals surface area contributed by atoms with Crippen LogP contribution in [0.2, 0.25) is 5.02 Å². The summed E-state index contributed by atoms with van der Waals surface area (Å²) in [5.74, 6) is 1.37. The highest BCUT2D eigenvalue weighted by molar-refractivity contribution is 6.31. The number of piperidine rings is 1. The van der Waals surface area contributed by atoms with E-state index in [1.807, 2.05) is 4.90 Å². The van der Waals surface area contributed by atoms with E-state index in [4.69, 9.17) is 21.1 Å². The maximum Gasteiger partial charge on any atom is 0.260 e. The van der Waals surface area contributed by atoms with Crippen LogP contribution in [0.4, 0.5) is 0 Å². The second-order valence-corrected chi connectivity index (χ2v) is 6.49. The standard InChI is InChI=1S/C17H21ClN4O3/c1-21-10-13(16(20-21)24-2)17(23)22-7-4-12(5-8-22)11-25-15-3-6-19-9-14(15)18/h3,6,9-10,12H,4-5,7-8,11H2,1-2H3. The summed E-state index contributed by atoms with van der Waals surface area (Å²) in [7, 11) is 3.29. The highest BCUT2D eigenvalue weighted by Gasteiger charge is 2.27. The number of hydrogen-bond acceptors (Lipinski definition) is 5. The molecule has 0 unspecified atom stereocenters. The van der Waals surface area contributed by atoms with Crippen molar-refractivity contribution in [3.8, 4) is 11.6 Å². The van der Waals surface area contributed by atoms with Crippen LogP contribution < -0.4 is 9.47 Å². The zero-order valence-electron chi connectivity index (χ0n) is 14.3. The lowest BCUT2D eigenvalue weighted by Crippen LogP contribution is -2.39. The summed E-state index contributed by atoms with van der Waals surface area (Å²) < 4.78 is 12.6. The van der Waals surface area contributed by atoms with Gasteiger partial charge in [0.15, 0.2) is 0 Å². The van der Waals surface area contributed by atoms with E-state index in [1.165, 1.54) is 7.11 Å². The van der Waals surface area contributed by atoms with Crippen molar-refractivity contribution in [2.45, 2.75) is 12.8 Å². The van der Waals surface area contributed by atoms with Crippen LogP contribution in [0.25, 0.3) is 0 Å². The number of halogens is 1. The monoisotopic (exact) mass is 364 g/mol. The zero-order valence-corrected chi connectivity index (χ0v) is 15.1. The second kappa shape index (κ2) is 7.74. The number of ether oxygens (including phenoxy) is 2. The van der Waals surface area contributed by atoms with Gasteiger partial charge in [-0.05, 0) is 18.8 Å². The Morgan fingerprint density at radius 2 is 2.16 bits per heavy atom. The number of amides is 1. The fourth-order valence-electron chi connectivity index (χ4n) is 2.93. The third-order valence-corrected chi connectivity index (χ3v) is 4.61. The fourth-order valence-corrected chi connectivity index (χ4v) is 3.10. The smallest absolute Gasteiger partial charge is 0.260 e. The molecule has 1 saturated heterocycles. The first kappa shape index (κ1) is 17.5. The van der Waals surface area contributed by atoms with Crippen LogP contribution in [0, 0.1) is 5.92 Å². The molecule has 3 rings (SSSR count). The highest BCUT2D eigenvalue weighted by Crippen LogP contribution is 2.26. The Kier molecular flexibility index (Phi) is 5.43. The van der Waals surface area contributed by atoms with Crippen LogP contribution in [0.5, 0.6) is 11.6 Å². The number of carbonyl (C=O) groups excluding carboxylic acids is 1. The minimum absolute atomic E-state index is 0.0403. The number of nitrogens with zero attached hydrogens (tertiary/aromatic N) is 4. The average Bonchev–Trinajstić information content (AvgIpc) is 3.02. The molecular weight excluding hydrogens is 344 g/mol. The van der Waals surface area contributed by atoms with Crippen molar-refractivity contribution >= 4 is 17.5 Å². The molecule has 0 bridgehead atoms. The minimum Gasteiger partial charge on any atom is -0.492 e. The molecule has 2 aromatic heterocycles. The summed E-state index contributed by atoms with van der Waals surface area (Å²) in [5, 5.41) is 4.65. The molecule has 1 fully saturated rings. The molecule has 1 aliphatic heterocycles. The number of methoxy groups -OCH3 is 1. The largest absolute Gasteiger partial charge is 0.492 e. The van der Waals surface area contributed by atoms with Crippen molar-refractivity contribution in [1.29, 1.82) is 0 Å². The number of hydrogen-bond donors (Lipinski definition) is 0. The van der Waals surface area contributed by atoms with Crippen LogP contribution in [0.3, 0.4) is 0 Å². The van der Waals surface area contributed by atoms with Gasteiger partial charge in [-0.1, -0.05) is 11.6 Å². The lowest BCUT2D eigenvalue weighted by atomic mass is 9.97. The van der Waals surface area contributed by atoms with E-state index < -0.39 is 0 Å². The average molecular weight is 365 g/mol. The minimum atomic E-state index is -0.0403. The quantitative estimate of drug-likeness (QED) is 0.814. The number of rotatable bonds is 5. The molecule has 0 radical (unpaired) electrons. The van der Waals surface area contributed by atoms with Gasteiger partial charge in [0, 0.05) is 44.8 Å². The lowest BCUT2D eigenvalue weighted by Gasteiger charge is -2.31. The molecule has 0 aromatic carbocycles. The summed E-state index contributed by atoms with van der Waals surface area (Å²) in [5.41, 5.74) is 0.503. The molecule has 0 spiro atoms. The molecule has 25 heavy (non-hydrogen) atoms. The summed E-state index contributed by atoms with van der Waals surface area (Å²) >= 11 is 6.04. The molecule has 7 nitrogen and oxygen atoms in total. The van der Waals surface area contributed by atoms with Crippen LogP contribution in [-0.2, 0) is 7.05 Å². The van der Waals surface area contributed by atoms with Crippen molar-refractivity contribution < 1.29 is 14.3 Å². The number of aromatic nitrogens is 3. The Labute approximate surface area is 151 Å². The second-order valence-electron chi connectivity index (χ2n) is 6.08. The van der Waals surface area contributed by atoms with Crippen LogP contribution in [0.1, 0.15) is 23.2 Å². The maximum absolute atomic E-state index is 12.7. The molecule has 3 heterocycles. The van der Waals surface area contributed by atoms with Crippen LogP contribution in [0.15, 0.2) is 24.7 Å². The number of pyridine rings is 1. The first-order valence-electron chi connectivity index (χ1n) is 8.17. The van der Waals surface area contributed by atoms with Gasteiger partial charge in [-0.25, -0.2) is 0 Å². The van der Waals surface area contributed by atoms with Gasteiger partial charge in [-0.3, -0.25) is 14.5 Å². The summed E-state index contributed by atoms with van der Waals surface area (Å²) in [6.07, 6.45) is 6.69. The maximum atomic E-state index is 12.7.